The number of anilines is 1. The quantitative estimate of drug-likeness (QED) is 0.704. The Morgan fingerprint density at radius 3 is 2.89 bits per heavy atom. The van der Waals surface area contributed by atoms with Gasteiger partial charge in [-0.1, -0.05) is 12.1 Å². The Hall–Kier alpha value is -3.06. The highest BCUT2D eigenvalue weighted by Gasteiger charge is 2.22. The van der Waals surface area contributed by atoms with Gasteiger partial charge in [0, 0.05) is 43.5 Å². The van der Waals surface area contributed by atoms with Gasteiger partial charge in [-0.2, -0.15) is 5.10 Å². The standard InChI is InChI=1S/C21H22N6O/c1-14-11-27(5-6-28-14)20-8-19(23-13-24-20)21-18-7-15(3-4-16(18)9-22-21)17-10-25-26(2)12-17/h3-4,7-8,10,12-14H,5-6,9,11H2,1-2H3/t14-/m1/s1. The van der Waals surface area contributed by atoms with Gasteiger partial charge in [0.1, 0.15) is 12.1 Å². The van der Waals surface area contributed by atoms with Crippen LogP contribution in [0.3, 0.4) is 0 Å². The van der Waals surface area contributed by atoms with Crippen molar-refractivity contribution in [2.45, 2.75) is 19.6 Å². The van der Waals surface area contributed by atoms with Crippen molar-refractivity contribution in [3.8, 4) is 11.1 Å². The van der Waals surface area contributed by atoms with Crippen LogP contribution in [0.1, 0.15) is 23.7 Å². The predicted molar refractivity (Wildman–Crippen MR) is 108 cm³/mol. The van der Waals surface area contributed by atoms with E-state index in [4.69, 9.17) is 9.73 Å². The molecule has 0 bridgehead atoms. The molecule has 0 radical (unpaired) electrons. The molecule has 0 saturated carbocycles. The third kappa shape index (κ3) is 3.07. The molecule has 0 spiro atoms. The smallest absolute Gasteiger partial charge is 0.132 e. The van der Waals surface area contributed by atoms with Gasteiger partial charge in [-0.15, -0.1) is 0 Å². The van der Waals surface area contributed by atoms with Gasteiger partial charge in [0.25, 0.3) is 0 Å². The topological polar surface area (TPSA) is 68.4 Å². The van der Waals surface area contributed by atoms with Crippen LogP contribution in [0.5, 0.6) is 0 Å². The van der Waals surface area contributed by atoms with Crippen LogP contribution < -0.4 is 4.90 Å². The molecule has 2 aliphatic heterocycles. The molecule has 2 aromatic heterocycles. The van der Waals surface area contributed by atoms with Crippen molar-refractivity contribution in [1.29, 1.82) is 0 Å². The zero-order valence-electron chi connectivity index (χ0n) is 16.0. The van der Waals surface area contributed by atoms with Crippen LogP contribution in [0.15, 0.2) is 48.0 Å². The maximum atomic E-state index is 5.65. The molecular formula is C21H22N6O. The van der Waals surface area contributed by atoms with Gasteiger partial charge in [0.15, 0.2) is 0 Å². The number of hydrogen-bond donors (Lipinski definition) is 0. The number of aryl methyl sites for hydroxylation is 1. The fourth-order valence-corrected chi connectivity index (χ4v) is 3.83. The van der Waals surface area contributed by atoms with Crippen LogP contribution in [0.2, 0.25) is 0 Å². The van der Waals surface area contributed by atoms with Crippen molar-refractivity contribution in [3.05, 3.63) is 59.8 Å². The van der Waals surface area contributed by atoms with Crippen LogP contribution in [-0.2, 0) is 18.3 Å². The van der Waals surface area contributed by atoms with Gasteiger partial charge < -0.3 is 9.64 Å². The molecule has 0 amide bonds. The molecule has 1 aromatic carbocycles. The van der Waals surface area contributed by atoms with Crippen molar-refractivity contribution < 1.29 is 4.74 Å². The van der Waals surface area contributed by atoms with E-state index < -0.39 is 0 Å². The Morgan fingerprint density at radius 2 is 2.07 bits per heavy atom. The fraction of sp³-hybridized carbons (Fsp3) is 0.333. The van der Waals surface area contributed by atoms with Crippen LogP contribution >= 0.6 is 0 Å². The highest BCUT2D eigenvalue weighted by Crippen LogP contribution is 2.29. The third-order valence-corrected chi connectivity index (χ3v) is 5.27. The lowest BCUT2D eigenvalue weighted by Crippen LogP contribution is -2.41. The number of ether oxygens (including phenoxy) is 1. The number of aliphatic imine (C=N–C) groups is 1. The van der Waals surface area contributed by atoms with Gasteiger partial charge in [-0.05, 0) is 24.1 Å². The molecule has 1 saturated heterocycles. The number of aromatic nitrogens is 4. The number of morpholine rings is 1. The molecule has 0 unspecified atom stereocenters. The van der Waals surface area contributed by atoms with Crippen molar-refractivity contribution >= 4 is 11.5 Å². The number of hydrogen-bond acceptors (Lipinski definition) is 6. The van der Waals surface area contributed by atoms with Crippen LogP contribution in [-0.4, -0.2) is 51.3 Å². The SMILES string of the molecule is C[C@@H]1CN(c2cc(C3=NCc4ccc(-c5cnn(C)c5)cc43)ncn2)CCO1. The number of fused-ring (bicyclic) bond motifs is 1. The molecule has 4 heterocycles. The molecule has 1 atom stereocenters. The fourth-order valence-electron chi connectivity index (χ4n) is 3.83. The molecule has 1 fully saturated rings. The van der Waals surface area contributed by atoms with E-state index in [9.17, 15) is 0 Å². The second-order valence-corrected chi connectivity index (χ2v) is 7.33. The summed E-state index contributed by atoms with van der Waals surface area (Å²) in [4.78, 5) is 16.0. The van der Waals surface area contributed by atoms with Gasteiger partial charge in [-0.3, -0.25) is 9.67 Å². The van der Waals surface area contributed by atoms with E-state index in [-0.39, 0.29) is 6.10 Å². The second-order valence-electron chi connectivity index (χ2n) is 7.33. The van der Waals surface area contributed by atoms with E-state index in [2.05, 4.69) is 45.1 Å². The Balaban J connectivity index is 1.48. The molecule has 142 valence electrons. The van der Waals surface area contributed by atoms with E-state index in [1.165, 1.54) is 5.56 Å². The minimum absolute atomic E-state index is 0.207. The first kappa shape index (κ1) is 17.1. The lowest BCUT2D eigenvalue weighted by atomic mass is 9.98. The van der Waals surface area contributed by atoms with Crippen molar-refractivity contribution in [3.63, 3.8) is 0 Å². The highest BCUT2D eigenvalue weighted by atomic mass is 16.5. The Bertz CT molecular complexity index is 1060. The summed E-state index contributed by atoms with van der Waals surface area (Å²) in [5.41, 5.74) is 6.40. The van der Waals surface area contributed by atoms with Crippen LogP contribution in [0.25, 0.3) is 11.1 Å². The number of nitrogens with zero attached hydrogens (tertiary/aromatic N) is 6. The summed E-state index contributed by atoms with van der Waals surface area (Å²) in [5, 5.41) is 4.28. The average molecular weight is 374 g/mol. The Morgan fingerprint density at radius 1 is 1.14 bits per heavy atom. The molecule has 0 N–H and O–H groups in total. The summed E-state index contributed by atoms with van der Waals surface area (Å²) < 4.78 is 7.46. The molecule has 28 heavy (non-hydrogen) atoms. The molecule has 7 heteroatoms. The Labute approximate surface area is 163 Å². The van der Waals surface area contributed by atoms with Crippen molar-refractivity contribution in [1.82, 2.24) is 19.7 Å². The third-order valence-electron chi connectivity index (χ3n) is 5.27. The summed E-state index contributed by atoms with van der Waals surface area (Å²) in [7, 11) is 1.93. The lowest BCUT2D eigenvalue weighted by molar-refractivity contribution is 0.0529. The minimum atomic E-state index is 0.207. The first-order chi connectivity index (χ1) is 13.7. The van der Waals surface area contributed by atoms with E-state index >= 15 is 0 Å². The van der Waals surface area contributed by atoms with Gasteiger partial charge in [-0.25, -0.2) is 9.97 Å². The molecule has 2 aliphatic rings. The maximum Gasteiger partial charge on any atom is 0.132 e. The van der Waals surface area contributed by atoms with Gasteiger partial charge in [0.05, 0.1) is 36.9 Å². The van der Waals surface area contributed by atoms with E-state index in [1.807, 2.05) is 30.2 Å². The minimum Gasteiger partial charge on any atom is -0.375 e. The number of benzene rings is 1. The largest absolute Gasteiger partial charge is 0.375 e. The summed E-state index contributed by atoms with van der Waals surface area (Å²) in [6.07, 6.45) is 5.75. The van der Waals surface area contributed by atoms with Crippen LogP contribution in [0, 0.1) is 0 Å². The van der Waals surface area contributed by atoms with Gasteiger partial charge in [0.2, 0.25) is 0 Å². The van der Waals surface area contributed by atoms with Crippen molar-refractivity contribution in [2.75, 3.05) is 24.6 Å². The summed E-state index contributed by atoms with van der Waals surface area (Å²) in [5.74, 6) is 0.930. The monoisotopic (exact) mass is 374 g/mol. The van der Waals surface area contributed by atoms with E-state index in [1.54, 1.807) is 6.33 Å². The molecule has 0 aliphatic carbocycles. The molecule has 5 rings (SSSR count). The second kappa shape index (κ2) is 6.83. The first-order valence-corrected chi connectivity index (χ1v) is 9.53. The lowest BCUT2D eigenvalue weighted by Gasteiger charge is -2.32. The molecular weight excluding hydrogens is 352 g/mol. The van der Waals surface area contributed by atoms with E-state index in [0.29, 0.717) is 6.54 Å². The van der Waals surface area contributed by atoms with Gasteiger partial charge >= 0.3 is 0 Å². The summed E-state index contributed by atoms with van der Waals surface area (Å²) in [6.45, 7) is 5.18. The predicted octanol–water partition coefficient (Wildman–Crippen LogP) is 2.45. The molecule has 7 nitrogen and oxygen atoms in total. The van der Waals surface area contributed by atoms with Crippen molar-refractivity contribution in [2.24, 2.45) is 12.0 Å². The summed E-state index contributed by atoms with van der Waals surface area (Å²) >= 11 is 0. The Kier molecular flexibility index (Phi) is 4.16. The van der Waals surface area contributed by atoms with Crippen LogP contribution in [0.4, 0.5) is 5.82 Å². The average Bonchev–Trinajstić information content (AvgIpc) is 3.34. The number of rotatable bonds is 3. The highest BCUT2D eigenvalue weighted by molar-refractivity contribution is 6.14. The zero-order chi connectivity index (χ0) is 19.1. The first-order valence-electron chi connectivity index (χ1n) is 9.53. The summed E-state index contributed by atoms with van der Waals surface area (Å²) in [6, 6.07) is 8.52. The molecule has 3 aromatic rings. The normalized spacial score (nSPS) is 18.9. The zero-order valence-corrected chi connectivity index (χ0v) is 16.0. The maximum absolute atomic E-state index is 5.65. The van der Waals surface area contributed by atoms with E-state index in [0.717, 1.165) is 53.6 Å².